The Morgan fingerprint density at radius 2 is 2.00 bits per heavy atom. The zero-order valence-electron chi connectivity index (χ0n) is 11.3. The molecule has 0 fully saturated rings. The summed E-state index contributed by atoms with van der Waals surface area (Å²) in [6.45, 7) is 6.33. The predicted molar refractivity (Wildman–Crippen MR) is 75.7 cm³/mol. The fourth-order valence-electron chi connectivity index (χ4n) is 1.87. The Balaban J connectivity index is 3.15. The first-order chi connectivity index (χ1) is 9.49. The van der Waals surface area contributed by atoms with E-state index in [-0.39, 0.29) is 11.3 Å². The number of benzene rings is 1. The molecule has 0 saturated heterocycles. The van der Waals surface area contributed by atoms with E-state index in [0.717, 1.165) is 30.7 Å². The van der Waals surface area contributed by atoms with Crippen molar-refractivity contribution in [2.45, 2.75) is 13.3 Å². The summed E-state index contributed by atoms with van der Waals surface area (Å²) in [4.78, 5) is 12.0. The molecular weight excluding hydrogens is 264 g/mol. The van der Waals surface area contributed by atoms with Crippen LogP contribution in [0, 0.1) is 11.6 Å². The number of halogens is 2. The van der Waals surface area contributed by atoms with Gasteiger partial charge in [0.2, 0.25) is 0 Å². The first-order valence-corrected chi connectivity index (χ1v) is 6.25. The highest BCUT2D eigenvalue weighted by molar-refractivity contribution is 5.85. The SMILES string of the molecule is C=CCN(CCC)c1c(F)cc(/C=C/C(=O)O)cc1F. The van der Waals surface area contributed by atoms with Crippen LogP contribution in [0.15, 0.2) is 30.9 Å². The minimum absolute atomic E-state index is 0.112. The molecule has 0 atom stereocenters. The van der Waals surface area contributed by atoms with Gasteiger partial charge in [-0.05, 0) is 30.2 Å². The summed E-state index contributed by atoms with van der Waals surface area (Å²) >= 11 is 0. The van der Waals surface area contributed by atoms with E-state index in [1.54, 1.807) is 11.0 Å². The molecule has 0 spiro atoms. The second kappa shape index (κ2) is 7.43. The average molecular weight is 281 g/mol. The maximum absolute atomic E-state index is 14.0. The molecule has 0 aliphatic rings. The first kappa shape index (κ1) is 15.9. The lowest BCUT2D eigenvalue weighted by Crippen LogP contribution is -2.26. The number of anilines is 1. The van der Waals surface area contributed by atoms with Crippen LogP contribution in [-0.4, -0.2) is 24.2 Å². The van der Waals surface area contributed by atoms with Crippen molar-refractivity contribution in [1.29, 1.82) is 0 Å². The van der Waals surface area contributed by atoms with E-state index in [2.05, 4.69) is 6.58 Å². The Hall–Kier alpha value is -2.17. The maximum Gasteiger partial charge on any atom is 0.328 e. The smallest absolute Gasteiger partial charge is 0.328 e. The molecule has 1 N–H and O–H groups in total. The standard InChI is InChI=1S/C15H17F2NO2/c1-3-7-18(8-4-2)15-12(16)9-11(10-13(15)17)5-6-14(19)20/h3,5-6,9-10H,1,4,7-8H2,2H3,(H,19,20)/b6-5+. The average Bonchev–Trinajstić information content (AvgIpc) is 2.36. The molecule has 0 aliphatic carbocycles. The molecule has 0 amide bonds. The summed E-state index contributed by atoms with van der Waals surface area (Å²) in [5.41, 5.74) is 0.0560. The van der Waals surface area contributed by atoms with Crippen LogP contribution in [0.25, 0.3) is 6.08 Å². The normalized spacial score (nSPS) is 10.8. The number of carbonyl (C=O) groups is 1. The first-order valence-electron chi connectivity index (χ1n) is 6.25. The van der Waals surface area contributed by atoms with Crippen LogP contribution in [0.4, 0.5) is 14.5 Å². The van der Waals surface area contributed by atoms with Gasteiger partial charge in [0.25, 0.3) is 0 Å². The molecule has 1 aromatic rings. The summed E-state index contributed by atoms with van der Waals surface area (Å²) in [6.07, 6.45) is 4.30. The lowest BCUT2D eigenvalue weighted by molar-refractivity contribution is -0.131. The number of carboxylic acid groups (broad SMARTS) is 1. The zero-order chi connectivity index (χ0) is 15.1. The molecule has 3 nitrogen and oxygen atoms in total. The van der Waals surface area contributed by atoms with Crippen LogP contribution < -0.4 is 4.90 Å². The van der Waals surface area contributed by atoms with Gasteiger partial charge >= 0.3 is 5.97 Å². The van der Waals surface area contributed by atoms with Crippen LogP contribution >= 0.6 is 0 Å². The largest absolute Gasteiger partial charge is 0.478 e. The van der Waals surface area contributed by atoms with Crippen LogP contribution in [0.5, 0.6) is 0 Å². The van der Waals surface area contributed by atoms with E-state index in [1.165, 1.54) is 0 Å². The van der Waals surface area contributed by atoms with E-state index in [1.807, 2.05) is 6.92 Å². The number of hydrogen-bond donors (Lipinski definition) is 1. The van der Waals surface area contributed by atoms with Gasteiger partial charge in [-0.1, -0.05) is 13.0 Å². The Morgan fingerprint density at radius 3 is 2.45 bits per heavy atom. The van der Waals surface area contributed by atoms with Gasteiger partial charge in [0, 0.05) is 19.2 Å². The Labute approximate surface area is 116 Å². The number of carboxylic acids is 1. The van der Waals surface area contributed by atoms with Gasteiger partial charge in [0.1, 0.15) is 17.3 Å². The van der Waals surface area contributed by atoms with Gasteiger partial charge in [0.15, 0.2) is 0 Å². The van der Waals surface area contributed by atoms with Crippen molar-refractivity contribution in [1.82, 2.24) is 0 Å². The van der Waals surface area contributed by atoms with Gasteiger partial charge in [-0.25, -0.2) is 13.6 Å². The van der Waals surface area contributed by atoms with Crippen molar-refractivity contribution in [2.24, 2.45) is 0 Å². The van der Waals surface area contributed by atoms with E-state index < -0.39 is 17.6 Å². The van der Waals surface area contributed by atoms with E-state index in [9.17, 15) is 13.6 Å². The van der Waals surface area contributed by atoms with Crippen molar-refractivity contribution < 1.29 is 18.7 Å². The lowest BCUT2D eigenvalue weighted by Gasteiger charge is -2.24. The van der Waals surface area contributed by atoms with Gasteiger partial charge in [-0.15, -0.1) is 6.58 Å². The van der Waals surface area contributed by atoms with Crippen LogP contribution in [0.2, 0.25) is 0 Å². The van der Waals surface area contributed by atoms with Crippen molar-refractivity contribution in [2.75, 3.05) is 18.0 Å². The molecule has 1 aromatic carbocycles. The molecule has 0 saturated carbocycles. The molecule has 20 heavy (non-hydrogen) atoms. The summed E-state index contributed by atoms with van der Waals surface area (Å²) < 4.78 is 28.1. The Bertz CT molecular complexity index is 504. The van der Waals surface area contributed by atoms with E-state index in [0.29, 0.717) is 13.1 Å². The van der Waals surface area contributed by atoms with Crippen molar-refractivity contribution in [3.63, 3.8) is 0 Å². The molecule has 1 rings (SSSR count). The maximum atomic E-state index is 14.0. The number of hydrogen-bond acceptors (Lipinski definition) is 2. The van der Waals surface area contributed by atoms with Gasteiger partial charge in [-0.3, -0.25) is 0 Å². The Morgan fingerprint density at radius 1 is 1.40 bits per heavy atom. The van der Waals surface area contributed by atoms with E-state index in [4.69, 9.17) is 5.11 Å². The Kier molecular flexibility index (Phi) is 5.90. The molecule has 0 bridgehead atoms. The summed E-state index contributed by atoms with van der Waals surface area (Å²) in [7, 11) is 0. The number of aliphatic carboxylic acids is 1. The van der Waals surface area contributed by atoms with Crippen LogP contribution in [-0.2, 0) is 4.79 Å². The number of nitrogens with zero attached hydrogens (tertiary/aromatic N) is 1. The molecular formula is C15H17F2NO2. The molecule has 0 aliphatic heterocycles. The molecule has 108 valence electrons. The minimum atomic E-state index is -1.17. The van der Waals surface area contributed by atoms with Gasteiger partial charge in [-0.2, -0.15) is 0 Å². The third-order valence-corrected chi connectivity index (χ3v) is 2.62. The van der Waals surface area contributed by atoms with Crippen molar-refractivity contribution in [3.05, 3.63) is 48.1 Å². The lowest BCUT2D eigenvalue weighted by atomic mass is 10.1. The van der Waals surface area contributed by atoms with Crippen LogP contribution in [0.3, 0.4) is 0 Å². The van der Waals surface area contributed by atoms with Crippen LogP contribution in [0.1, 0.15) is 18.9 Å². The number of rotatable bonds is 7. The summed E-state index contributed by atoms with van der Waals surface area (Å²) in [5.74, 6) is -2.61. The molecule has 0 heterocycles. The third-order valence-electron chi connectivity index (χ3n) is 2.62. The van der Waals surface area contributed by atoms with Gasteiger partial charge in [0.05, 0.1) is 0 Å². The van der Waals surface area contributed by atoms with Gasteiger partial charge < -0.3 is 10.0 Å². The fraction of sp³-hybridized carbons (Fsp3) is 0.267. The quantitative estimate of drug-likeness (QED) is 0.614. The highest BCUT2D eigenvalue weighted by Gasteiger charge is 2.16. The fourth-order valence-corrected chi connectivity index (χ4v) is 1.87. The second-order valence-corrected chi connectivity index (χ2v) is 4.24. The highest BCUT2D eigenvalue weighted by atomic mass is 19.1. The third kappa shape index (κ3) is 4.19. The topological polar surface area (TPSA) is 40.5 Å². The summed E-state index contributed by atoms with van der Waals surface area (Å²) in [6, 6.07) is 2.23. The minimum Gasteiger partial charge on any atom is -0.478 e. The predicted octanol–water partition coefficient (Wildman–Crippen LogP) is 3.47. The summed E-state index contributed by atoms with van der Waals surface area (Å²) in [5, 5.41) is 8.50. The molecule has 0 radical (unpaired) electrons. The van der Waals surface area contributed by atoms with Crippen molar-refractivity contribution >= 4 is 17.7 Å². The molecule has 0 aromatic heterocycles. The monoisotopic (exact) mass is 281 g/mol. The van der Waals surface area contributed by atoms with Crippen molar-refractivity contribution in [3.8, 4) is 0 Å². The molecule has 5 heteroatoms. The second-order valence-electron chi connectivity index (χ2n) is 4.24. The molecule has 0 unspecified atom stereocenters. The zero-order valence-corrected chi connectivity index (χ0v) is 11.3. The van der Waals surface area contributed by atoms with E-state index >= 15 is 0 Å². The highest BCUT2D eigenvalue weighted by Crippen LogP contribution is 2.25.